The van der Waals surface area contributed by atoms with E-state index in [9.17, 15) is 4.79 Å². The van der Waals surface area contributed by atoms with E-state index in [4.69, 9.17) is 32.7 Å². The molecule has 0 atom stereocenters. The number of methoxy groups -OCH3 is 2. The average Bonchev–Trinajstić information content (AvgIpc) is 2.53. The van der Waals surface area contributed by atoms with Crippen molar-refractivity contribution in [2.75, 3.05) is 31.4 Å². The van der Waals surface area contributed by atoms with Crippen LogP contribution in [0.1, 0.15) is 0 Å². The van der Waals surface area contributed by atoms with Crippen molar-refractivity contribution < 1.29 is 14.3 Å². The van der Waals surface area contributed by atoms with E-state index in [1.807, 2.05) is 0 Å². The van der Waals surface area contributed by atoms with Crippen LogP contribution in [0.4, 0.5) is 11.4 Å². The Morgan fingerprint density at radius 3 is 2.26 bits per heavy atom. The lowest BCUT2D eigenvalue weighted by Gasteiger charge is -2.11. The summed E-state index contributed by atoms with van der Waals surface area (Å²) in [7, 11) is 3.09. The molecule has 2 N–H and O–H groups in total. The maximum Gasteiger partial charge on any atom is 0.243 e. The van der Waals surface area contributed by atoms with Crippen molar-refractivity contribution in [1.82, 2.24) is 0 Å². The van der Waals surface area contributed by atoms with Crippen LogP contribution in [0.5, 0.6) is 11.5 Å². The fourth-order valence-electron chi connectivity index (χ4n) is 1.89. The van der Waals surface area contributed by atoms with Gasteiger partial charge in [0.15, 0.2) is 0 Å². The van der Waals surface area contributed by atoms with E-state index in [2.05, 4.69) is 10.6 Å². The van der Waals surface area contributed by atoms with Gasteiger partial charge < -0.3 is 20.1 Å². The van der Waals surface area contributed by atoms with E-state index >= 15 is 0 Å². The number of hydrogen-bond donors (Lipinski definition) is 2. The molecule has 23 heavy (non-hydrogen) atoms. The van der Waals surface area contributed by atoms with Crippen LogP contribution in [0, 0.1) is 0 Å². The monoisotopic (exact) mass is 354 g/mol. The molecule has 0 saturated heterocycles. The highest BCUT2D eigenvalue weighted by molar-refractivity contribution is 6.36. The minimum absolute atomic E-state index is 0.0564. The van der Waals surface area contributed by atoms with Gasteiger partial charge in [0.05, 0.1) is 31.5 Å². The molecule has 0 unspecified atom stereocenters. The van der Waals surface area contributed by atoms with E-state index < -0.39 is 0 Å². The van der Waals surface area contributed by atoms with E-state index in [1.165, 1.54) is 0 Å². The average molecular weight is 355 g/mol. The van der Waals surface area contributed by atoms with Crippen LogP contribution in [0.15, 0.2) is 36.4 Å². The Hall–Kier alpha value is -2.11. The Balaban J connectivity index is 1.99. The van der Waals surface area contributed by atoms with E-state index in [0.29, 0.717) is 32.9 Å². The van der Waals surface area contributed by atoms with Crippen molar-refractivity contribution >= 4 is 40.5 Å². The summed E-state index contributed by atoms with van der Waals surface area (Å²) >= 11 is 11.9. The molecule has 0 aromatic heterocycles. The number of amides is 1. The van der Waals surface area contributed by atoms with Crippen molar-refractivity contribution in [3.63, 3.8) is 0 Å². The number of benzene rings is 2. The summed E-state index contributed by atoms with van der Waals surface area (Å²) in [6.45, 7) is 0.0564. The fourth-order valence-corrected chi connectivity index (χ4v) is 2.37. The van der Waals surface area contributed by atoms with Crippen molar-refractivity contribution in [2.45, 2.75) is 0 Å². The first-order valence-corrected chi connectivity index (χ1v) is 7.49. The largest absolute Gasteiger partial charge is 0.497 e. The van der Waals surface area contributed by atoms with Crippen molar-refractivity contribution in [1.29, 1.82) is 0 Å². The van der Waals surface area contributed by atoms with Gasteiger partial charge in [0.2, 0.25) is 5.91 Å². The summed E-state index contributed by atoms with van der Waals surface area (Å²) in [5.41, 5.74) is 1.21. The molecule has 1 amide bonds. The predicted octanol–water partition coefficient (Wildman–Crippen LogP) is 4.06. The first-order chi connectivity index (χ1) is 11.0. The van der Waals surface area contributed by atoms with E-state index in [-0.39, 0.29) is 12.5 Å². The third-order valence-electron chi connectivity index (χ3n) is 3.01. The molecule has 122 valence electrons. The topological polar surface area (TPSA) is 59.6 Å². The third kappa shape index (κ3) is 4.94. The molecule has 0 aliphatic heterocycles. The number of nitrogens with one attached hydrogen (secondary N) is 2. The Morgan fingerprint density at radius 1 is 1.04 bits per heavy atom. The lowest BCUT2D eigenvalue weighted by molar-refractivity contribution is -0.114. The van der Waals surface area contributed by atoms with Crippen molar-refractivity contribution in [3.8, 4) is 11.5 Å². The second kappa shape index (κ2) is 7.94. The zero-order valence-corrected chi connectivity index (χ0v) is 14.2. The molecule has 2 aromatic carbocycles. The fraction of sp³-hybridized carbons (Fsp3) is 0.188. The van der Waals surface area contributed by atoms with Crippen LogP contribution < -0.4 is 20.1 Å². The van der Waals surface area contributed by atoms with Crippen LogP contribution in [-0.2, 0) is 4.79 Å². The summed E-state index contributed by atoms with van der Waals surface area (Å²) < 4.78 is 10.3. The SMILES string of the molecule is COc1cc(NC(=O)CNc2ccc(Cl)cc2Cl)cc(OC)c1. The molecule has 0 radical (unpaired) electrons. The van der Waals surface area contributed by atoms with Gasteiger partial charge in [0, 0.05) is 28.9 Å². The summed E-state index contributed by atoms with van der Waals surface area (Å²) in [4.78, 5) is 12.0. The van der Waals surface area contributed by atoms with Gasteiger partial charge in [-0.2, -0.15) is 0 Å². The summed E-state index contributed by atoms with van der Waals surface area (Å²) in [5, 5.41) is 6.70. The molecule has 0 heterocycles. The van der Waals surface area contributed by atoms with Gasteiger partial charge in [-0.1, -0.05) is 23.2 Å². The maximum absolute atomic E-state index is 12.0. The van der Waals surface area contributed by atoms with Gasteiger partial charge in [-0.3, -0.25) is 4.79 Å². The lowest BCUT2D eigenvalue weighted by atomic mass is 10.2. The number of carbonyl (C=O) groups excluding carboxylic acids is 1. The molecule has 7 heteroatoms. The zero-order valence-electron chi connectivity index (χ0n) is 12.7. The summed E-state index contributed by atoms with van der Waals surface area (Å²) in [6.07, 6.45) is 0. The number of carbonyl (C=O) groups is 1. The van der Waals surface area contributed by atoms with E-state index in [0.717, 1.165) is 0 Å². The molecule has 0 saturated carbocycles. The molecular weight excluding hydrogens is 339 g/mol. The predicted molar refractivity (Wildman–Crippen MR) is 93.1 cm³/mol. The Labute approximate surface area is 144 Å². The third-order valence-corrected chi connectivity index (χ3v) is 3.55. The van der Waals surface area contributed by atoms with Gasteiger partial charge in [-0.25, -0.2) is 0 Å². The molecule has 0 fully saturated rings. The van der Waals surface area contributed by atoms with Gasteiger partial charge in [-0.15, -0.1) is 0 Å². The minimum atomic E-state index is -0.230. The molecule has 0 spiro atoms. The molecule has 5 nitrogen and oxygen atoms in total. The second-order valence-electron chi connectivity index (χ2n) is 4.63. The number of rotatable bonds is 6. The van der Waals surface area contributed by atoms with Crippen molar-refractivity contribution in [2.24, 2.45) is 0 Å². The minimum Gasteiger partial charge on any atom is -0.497 e. The highest BCUT2D eigenvalue weighted by atomic mass is 35.5. The summed E-state index contributed by atoms with van der Waals surface area (Å²) in [6, 6.07) is 10.1. The van der Waals surface area contributed by atoms with Crippen LogP contribution in [0.3, 0.4) is 0 Å². The maximum atomic E-state index is 12.0. The Morgan fingerprint density at radius 2 is 1.70 bits per heavy atom. The van der Waals surface area contributed by atoms with Gasteiger partial charge >= 0.3 is 0 Å². The molecule has 2 rings (SSSR count). The molecule has 2 aromatic rings. The molecule has 0 bridgehead atoms. The van der Waals surface area contributed by atoms with Crippen molar-refractivity contribution in [3.05, 3.63) is 46.4 Å². The lowest BCUT2D eigenvalue weighted by Crippen LogP contribution is -2.21. The summed E-state index contributed by atoms with van der Waals surface area (Å²) in [5.74, 6) is 0.952. The highest BCUT2D eigenvalue weighted by Crippen LogP contribution is 2.26. The highest BCUT2D eigenvalue weighted by Gasteiger charge is 2.07. The zero-order chi connectivity index (χ0) is 16.8. The first-order valence-electron chi connectivity index (χ1n) is 6.73. The second-order valence-corrected chi connectivity index (χ2v) is 5.47. The van der Waals surface area contributed by atoms with E-state index in [1.54, 1.807) is 50.6 Å². The van der Waals surface area contributed by atoms with Crippen LogP contribution >= 0.6 is 23.2 Å². The first kappa shape index (κ1) is 17.2. The smallest absolute Gasteiger partial charge is 0.243 e. The van der Waals surface area contributed by atoms with Crippen LogP contribution in [0.25, 0.3) is 0 Å². The Bertz CT molecular complexity index is 685. The molecular formula is C16H16Cl2N2O3. The van der Waals surface area contributed by atoms with Gasteiger partial charge in [-0.05, 0) is 18.2 Å². The standard InChI is InChI=1S/C16H16Cl2N2O3/c1-22-12-6-11(7-13(8-12)23-2)20-16(21)9-19-15-4-3-10(17)5-14(15)18/h3-8,19H,9H2,1-2H3,(H,20,21). The number of hydrogen-bond acceptors (Lipinski definition) is 4. The normalized spacial score (nSPS) is 10.1. The Kier molecular flexibility index (Phi) is 5.96. The number of halogens is 2. The van der Waals surface area contributed by atoms with Crippen LogP contribution in [0.2, 0.25) is 10.0 Å². The van der Waals surface area contributed by atoms with Gasteiger partial charge in [0.1, 0.15) is 11.5 Å². The number of ether oxygens (including phenoxy) is 2. The molecule has 0 aliphatic carbocycles. The molecule has 0 aliphatic rings. The number of anilines is 2. The van der Waals surface area contributed by atoms with Crippen LogP contribution in [-0.4, -0.2) is 26.7 Å². The van der Waals surface area contributed by atoms with Gasteiger partial charge in [0.25, 0.3) is 0 Å². The quantitative estimate of drug-likeness (QED) is 0.820.